The smallest absolute Gasteiger partial charge is 0.279 e. The van der Waals surface area contributed by atoms with Crippen molar-refractivity contribution < 1.29 is 30.4 Å². The zero-order valence-electron chi connectivity index (χ0n) is 16.9. The summed E-state index contributed by atoms with van der Waals surface area (Å²) in [4.78, 5) is 11.6. The van der Waals surface area contributed by atoms with Gasteiger partial charge in [-0.05, 0) is 42.5 Å². The van der Waals surface area contributed by atoms with Crippen LogP contribution in [0.15, 0.2) is 76.5 Å². The van der Waals surface area contributed by atoms with Crippen LogP contribution in [0.5, 0.6) is 0 Å². The summed E-state index contributed by atoms with van der Waals surface area (Å²) in [5.41, 5.74) is -0.651. The van der Waals surface area contributed by atoms with Gasteiger partial charge >= 0.3 is 0 Å². The number of carbonyl (C=O) groups excluding carboxylic acids is 1. The number of benzene rings is 3. The van der Waals surface area contributed by atoms with E-state index in [0.717, 1.165) is 18.2 Å². The molecule has 0 unspecified atom stereocenters. The number of halogens is 2. The fourth-order valence-corrected chi connectivity index (χ4v) is 7.46. The van der Waals surface area contributed by atoms with Gasteiger partial charge in [0.2, 0.25) is 0 Å². The van der Waals surface area contributed by atoms with Crippen molar-refractivity contribution in [3.05, 3.63) is 83.9 Å². The van der Waals surface area contributed by atoms with Gasteiger partial charge in [0.25, 0.3) is 26.0 Å². The number of anilines is 2. The molecule has 168 valence electrons. The van der Waals surface area contributed by atoms with E-state index in [1.165, 1.54) is 42.5 Å². The number of hydrogen-bond acceptors (Lipinski definition) is 5. The fraction of sp³-hybridized carbons (Fsp3) is 0.0952. The number of fused-ring (bicyclic) bond motifs is 1. The van der Waals surface area contributed by atoms with E-state index in [1.54, 1.807) is 0 Å². The Morgan fingerprint density at radius 2 is 1.41 bits per heavy atom. The van der Waals surface area contributed by atoms with Gasteiger partial charge in [0.1, 0.15) is 21.4 Å². The highest BCUT2D eigenvalue weighted by Gasteiger charge is 2.47. The Morgan fingerprint density at radius 1 is 0.812 bits per heavy atom. The molecular weight excluding hydrogens is 462 g/mol. The summed E-state index contributed by atoms with van der Waals surface area (Å²) >= 11 is 0. The first-order valence-electron chi connectivity index (χ1n) is 9.38. The molecular formula is C21H18F2N2O5S2. The van der Waals surface area contributed by atoms with Gasteiger partial charge in [-0.1, -0.05) is 32.0 Å². The molecule has 1 heterocycles. The zero-order valence-corrected chi connectivity index (χ0v) is 18.5. The maximum Gasteiger partial charge on any atom is 0.279 e. The van der Waals surface area contributed by atoms with Crippen LogP contribution < -0.4 is 9.03 Å². The van der Waals surface area contributed by atoms with E-state index >= 15 is 0 Å². The van der Waals surface area contributed by atoms with Gasteiger partial charge < -0.3 is 5.32 Å². The summed E-state index contributed by atoms with van der Waals surface area (Å²) in [6.07, 6.45) is 0. The standard InChI is InChI=1S/C19H12F2N2O5S2.C2H6/c20-12-8-9-15(16(21)10-12)19(24)22-13-4-3-5-14(11-13)23-29(25,26)17-6-1-2-7-18(17)30(23,27)28;1-2/h1-11H,(H,22,24);1-2H3. The molecule has 11 heteroatoms. The van der Waals surface area contributed by atoms with Gasteiger partial charge in [0.15, 0.2) is 0 Å². The molecule has 1 amide bonds. The molecule has 0 radical (unpaired) electrons. The Labute approximate surface area is 184 Å². The van der Waals surface area contributed by atoms with Crippen LogP contribution in [-0.2, 0) is 20.0 Å². The van der Waals surface area contributed by atoms with E-state index < -0.39 is 43.2 Å². The molecule has 0 atom stereocenters. The average Bonchev–Trinajstić information content (AvgIpc) is 2.91. The Morgan fingerprint density at radius 3 is 1.97 bits per heavy atom. The molecule has 0 saturated carbocycles. The molecule has 4 rings (SSSR count). The Kier molecular flexibility index (Phi) is 6.33. The van der Waals surface area contributed by atoms with E-state index in [2.05, 4.69) is 5.32 Å². The quantitative estimate of drug-likeness (QED) is 0.607. The minimum absolute atomic E-state index is 0.0163. The van der Waals surface area contributed by atoms with Crippen molar-refractivity contribution in [2.75, 3.05) is 9.03 Å². The van der Waals surface area contributed by atoms with Crippen LogP contribution >= 0.6 is 0 Å². The minimum atomic E-state index is -4.38. The molecule has 0 saturated heterocycles. The van der Waals surface area contributed by atoms with Crippen molar-refractivity contribution in [1.29, 1.82) is 0 Å². The summed E-state index contributed by atoms with van der Waals surface area (Å²) in [6, 6.07) is 12.7. The van der Waals surface area contributed by atoms with Crippen LogP contribution in [0.1, 0.15) is 24.2 Å². The number of nitrogens with one attached hydrogen (secondary N) is 1. The molecule has 3 aromatic carbocycles. The lowest BCUT2D eigenvalue weighted by Gasteiger charge is -2.17. The van der Waals surface area contributed by atoms with Gasteiger partial charge in [0, 0.05) is 11.8 Å². The molecule has 0 aliphatic carbocycles. The molecule has 7 nitrogen and oxygen atoms in total. The largest absolute Gasteiger partial charge is 0.322 e. The highest BCUT2D eigenvalue weighted by molar-refractivity contribution is 8.12. The van der Waals surface area contributed by atoms with Crippen molar-refractivity contribution in [3.63, 3.8) is 0 Å². The van der Waals surface area contributed by atoms with Crippen LogP contribution in [0.25, 0.3) is 0 Å². The van der Waals surface area contributed by atoms with Crippen LogP contribution in [0.4, 0.5) is 20.2 Å². The van der Waals surface area contributed by atoms with Crippen LogP contribution in [0.3, 0.4) is 0 Å². The first-order valence-corrected chi connectivity index (χ1v) is 12.3. The monoisotopic (exact) mass is 480 g/mol. The Hall–Kier alpha value is -3.31. The van der Waals surface area contributed by atoms with Crippen molar-refractivity contribution in [3.8, 4) is 0 Å². The van der Waals surface area contributed by atoms with E-state index in [-0.39, 0.29) is 24.9 Å². The maximum absolute atomic E-state index is 13.8. The van der Waals surface area contributed by atoms with Gasteiger partial charge in [-0.3, -0.25) is 4.79 Å². The highest BCUT2D eigenvalue weighted by Crippen LogP contribution is 2.40. The van der Waals surface area contributed by atoms with Gasteiger partial charge in [0.05, 0.1) is 11.3 Å². The SMILES string of the molecule is CC.O=C(Nc1cccc(N2S(=O)(=O)c3ccccc3S2(=O)=O)c1)c1ccc(F)cc1F. The molecule has 1 N–H and O–H groups in total. The van der Waals surface area contributed by atoms with Crippen LogP contribution in [-0.4, -0.2) is 22.7 Å². The third kappa shape index (κ3) is 3.96. The molecule has 0 bridgehead atoms. The maximum atomic E-state index is 13.8. The molecule has 0 fully saturated rings. The van der Waals surface area contributed by atoms with Crippen LogP contribution in [0, 0.1) is 11.6 Å². The summed E-state index contributed by atoms with van der Waals surface area (Å²) in [6.45, 7) is 4.00. The van der Waals surface area contributed by atoms with Crippen LogP contribution in [0.2, 0.25) is 0 Å². The lowest BCUT2D eigenvalue weighted by atomic mass is 10.2. The van der Waals surface area contributed by atoms with Gasteiger partial charge in [-0.2, -0.15) is 20.5 Å². The molecule has 3 aromatic rings. The molecule has 32 heavy (non-hydrogen) atoms. The third-order valence-electron chi connectivity index (χ3n) is 4.33. The molecule has 0 spiro atoms. The van der Waals surface area contributed by atoms with E-state index in [4.69, 9.17) is 0 Å². The third-order valence-corrected chi connectivity index (χ3v) is 8.76. The first kappa shape index (κ1) is 23.4. The second-order valence-electron chi connectivity index (χ2n) is 6.28. The number of sulfonamides is 2. The molecule has 1 aliphatic rings. The summed E-state index contributed by atoms with van der Waals surface area (Å²) in [5, 5.41) is 2.34. The summed E-state index contributed by atoms with van der Waals surface area (Å²) in [5.74, 6) is -2.85. The lowest BCUT2D eigenvalue weighted by molar-refractivity contribution is 0.102. The number of amides is 1. The van der Waals surface area contributed by atoms with Crippen molar-refractivity contribution >= 4 is 37.3 Å². The van der Waals surface area contributed by atoms with Crippen molar-refractivity contribution in [2.24, 2.45) is 0 Å². The first-order chi connectivity index (χ1) is 15.1. The number of nitrogens with zero attached hydrogens (tertiary/aromatic N) is 1. The van der Waals surface area contributed by atoms with Crippen molar-refractivity contribution in [2.45, 2.75) is 23.6 Å². The highest BCUT2D eigenvalue weighted by atomic mass is 32.3. The molecule has 1 aliphatic heterocycles. The average molecular weight is 481 g/mol. The van der Waals surface area contributed by atoms with Crippen molar-refractivity contribution in [1.82, 2.24) is 0 Å². The van der Waals surface area contributed by atoms with Gasteiger partial charge in [-0.15, -0.1) is 0 Å². The second kappa shape index (κ2) is 8.67. The summed E-state index contributed by atoms with van der Waals surface area (Å²) < 4.78 is 78.3. The minimum Gasteiger partial charge on any atom is -0.322 e. The predicted molar refractivity (Wildman–Crippen MR) is 115 cm³/mol. The molecule has 0 aromatic heterocycles. The Bertz CT molecular complexity index is 1350. The number of rotatable bonds is 3. The van der Waals surface area contributed by atoms with E-state index in [9.17, 15) is 30.4 Å². The van der Waals surface area contributed by atoms with E-state index in [0.29, 0.717) is 6.07 Å². The summed E-state index contributed by atoms with van der Waals surface area (Å²) in [7, 11) is -8.77. The van der Waals surface area contributed by atoms with E-state index in [1.807, 2.05) is 13.8 Å². The van der Waals surface area contributed by atoms with Gasteiger partial charge in [-0.25, -0.2) is 8.78 Å². The lowest BCUT2D eigenvalue weighted by Crippen LogP contribution is -2.30. The fourth-order valence-electron chi connectivity index (χ4n) is 3.03. The zero-order chi connectivity index (χ0) is 23.7. The number of carbonyl (C=O) groups is 1. The second-order valence-corrected chi connectivity index (χ2v) is 10.0. The topological polar surface area (TPSA) is 101 Å². The predicted octanol–water partition coefficient (Wildman–Crippen LogP) is 4.14. The number of hydrogen-bond donors (Lipinski definition) is 1. The normalized spacial score (nSPS) is 15.3. The Balaban J connectivity index is 0.00000141.